The summed E-state index contributed by atoms with van der Waals surface area (Å²) in [6.45, 7) is 1.72. The van der Waals surface area contributed by atoms with Crippen LogP contribution < -0.4 is 0 Å². The summed E-state index contributed by atoms with van der Waals surface area (Å²) in [6.07, 6.45) is 0. The van der Waals surface area contributed by atoms with Crippen LogP contribution in [-0.2, 0) is 0 Å². The molecule has 4 nitrogen and oxygen atoms in total. The normalized spacial score (nSPS) is 10.5. The Balaban J connectivity index is 2.90. The topological polar surface area (TPSA) is 70.4 Å². The number of hydrogen-bond acceptors (Lipinski definition) is 3. The number of rotatable bonds is 1. The van der Waals surface area contributed by atoms with Crippen molar-refractivity contribution in [1.29, 1.82) is 0 Å². The molecule has 1 heterocycles. The van der Waals surface area contributed by atoms with E-state index in [1.54, 1.807) is 25.1 Å². The third-order valence-electron chi connectivity index (χ3n) is 2.28. The van der Waals surface area contributed by atoms with E-state index in [0.29, 0.717) is 11.1 Å². The number of carbonyl (C=O) groups is 1. The smallest absolute Gasteiger partial charge is 0.358 e. The SMILES string of the molecule is Cc1nc(C(=O)O)c(O)c2ccccc12. The summed E-state index contributed by atoms with van der Waals surface area (Å²) in [7, 11) is 0. The highest BCUT2D eigenvalue weighted by atomic mass is 16.4. The highest BCUT2D eigenvalue weighted by Gasteiger charge is 2.15. The van der Waals surface area contributed by atoms with Gasteiger partial charge in [0.1, 0.15) is 0 Å². The van der Waals surface area contributed by atoms with Gasteiger partial charge in [-0.05, 0) is 6.92 Å². The minimum atomic E-state index is -1.22. The number of hydrogen-bond donors (Lipinski definition) is 2. The van der Waals surface area contributed by atoms with Crippen molar-refractivity contribution in [3.63, 3.8) is 0 Å². The largest absolute Gasteiger partial charge is 0.505 e. The van der Waals surface area contributed by atoms with Gasteiger partial charge in [-0.1, -0.05) is 24.3 Å². The first kappa shape index (κ1) is 9.45. The van der Waals surface area contributed by atoms with Crippen molar-refractivity contribution in [2.45, 2.75) is 6.92 Å². The third kappa shape index (κ3) is 1.40. The summed E-state index contributed by atoms with van der Waals surface area (Å²) in [5, 5.41) is 19.8. The molecule has 2 rings (SSSR count). The number of aromatic nitrogens is 1. The Labute approximate surface area is 85.8 Å². The standard InChI is InChI=1S/C11H9NO3/c1-6-7-4-2-3-5-8(7)10(13)9(12-6)11(14)15/h2-5,13H,1H3,(H,14,15). The summed E-state index contributed by atoms with van der Waals surface area (Å²) in [6, 6.07) is 7.03. The summed E-state index contributed by atoms with van der Waals surface area (Å²) in [5.74, 6) is -1.50. The molecule has 2 aromatic rings. The number of nitrogens with zero attached hydrogens (tertiary/aromatic N) is 1. The minimum absolute atomic E-state index is 0.274. The Kier molecular flexibility index (Phi) is 2.04. The van der Waals surface area contributed by atoms with Gasteiger partial charge in [0.05, 0.1) is 0 Å². The van der Waals surface area contributed by atoms with Crippen LogP contribution in [0, 0.1) is 6.92 Å². The first-order valence-electron chi connectivity index (χ1n) is 4.43. The number of carboxylic acid groups (broad SMARTS) is 1. The fourth-order valence-corrected chi connectivity index (χ4v) is 1.56. The predicted molar refractivity (Wildman–Crippen MR) is 55.1 cm³/mol. The molecule has 0 unspecified atom stereocenters. The molecule has 0 aliphatic carbocycles. The maximum Gasteiger partial charge on any atom is 0.358 e. The average molecular weight is 203 g/mol. The highest BCUT2D eigenvalue weighted by molar-refractivity contribution is 5.99. The zero-order chi connectivity index (χ0) is 11.0. The maximum absolute atomic E-state index is 10.8. The Morgan fingerprint density at radius 2 is 1.87 bits per heavy atom. The van der Waals surface area contributed by atoms with Gasteiger partial charge in [-0.15, -0.1) is 0 Å². The van der Waals surface area contributed by atoms with Crippen LogP contribution in [0.5, 0.6) is 5.75 Å². The molecule has 0 atom stereocenters. The van der Waals surface area contributed by atoms with Gasteiger partial charge in [-0.25, -0.2) is 9.78 Å². The Bertz CT molecular complexity index is 549. The lowest BCUT2D eigenvalue weighted by Gasteiger charge is -2.06. The molecule has 0 spiro atoms. The lowest BCUT2D eigenvalue weighted by Crippen LogP contribution is -2.02. The van der Waals surface area contributed by atoms with Gasteiger partial charge < -0.3 is 10.2 Å². The van der Waals surface area contributed by atoms with Crippen molar-refractivity contribution in [3.8, 4) is 5.75 Å². The van der Waals surface area contributed by atoms with Crippen molar-refractivity contribution in [2.75, 3.05) is 0 Å². The molecular formula is C11H9NO3. The fraction of sp³-hybridized carbons (Fsp3) is 0.0909. The molecule has 0 bridgehead atoms. The molecule has 1 aromatic heterocycles. The molecule has 1 aromatic carbocycles. The van der Waals surface area contributed by atoms with Gasteiger partial charge >= 0.3 is 5.97 Å². The van der Waals surface area contributed by atoms with Gasteiger partial charge in [-0.3, -0.25) is 0 Å². The van der Waals surface area contributed by atoms with E-state index in [4.69, 9.17) is 5.11 Å². The van der Waals surface area contributed by atoms with E-state index >= 15 is 0 Å². The number of benzene rings is 1. The summed E-state index contributed by atoms with van der Waals surface area (Å²) in [4.78, 5) is 14.6. The van der Waals surface area contributed by atoms with Crippen LogP contribution in [-0.4, -0.2) is 21.2 Å². The minimum Gasteiger partial charge on any atom is -0.505 e. The van der Waals surface area contributed by atoms with Gasteiger partial charge in [0.2, 0.25) is 0 Å². The Hall–Kier alpha value is -2.10. The van der Waals surface area contributed by atoms with E-state index in [1.165, 1.54) is 0 Å². The lowest BCUT2D eigenvalue weighted by atomic mass is 10.1. The highest BCUT2D eigenvalue weighted by Crippen LogP contribution is 2.28. The Morgan fingerprint density at radius 1 is 1.27 bits per heavy atom. The van der Waals surface area contributed by atoms with Crippen LogP contribution in [0.1, 0.15) is 16.2 Å². The number of fused-ring (bicyclic) bond motifs is 1. The number of aryl methyl sites for hydroxylation is 1. The molecule has 0 aliphatic heterocycles. The van der Waals surface area contributed by atoms with Crippen LogP contribution in [0.25, 0.3) is 10.8 Å². The molecule has 15 heavy (non-hydrogen) atoms. The van der Waals surface area contributed by atoms with Crippen molar-refractivity contribution in [2.24, 2.45) is 0 Å². The van der Waals surface area contributed by atoms with Gasteiger partial charge in [0.25, 0.3) is 0 Å². The Morgan fingerprint density at radius 3 is 2.47 bits per heavy atom. The molecule has 0 radical (unpaired) electrons. The van der Waals surface area contributed by atoms with E-state index in [0.717, 1.165) is 5.39 Å². The first-order valence-corrected chi connectivity index (χ1v) is 4.43. The summed E-state index contributed by atoms with van der Waals surface area (Å²) in [5.41, 5.74) is 0.298. The lowest BCUT2D eigenvalue weighted by molar-refractivity contribution is 0.0687. The number of aromatic hydroxyl groups is 1. The van der Waals surface area contributed by atoms with Crippen molar-refractivity contribution < 1.29 is 15.0 Å². The second-order valence-corrected chi connectivity index (χ2v) is 3.25. The van der Waals surface area contributed by atoms with Crippen LogP contribution in [0.2, 0.25) is 0 Å². The monoisotopic (exact) mass is 203 g/mol. The molecule has 0 fully saturated rings. The van der Waals surface area contributed by atoms with Crippen LogP contribution >= 0.6 is 0 Å². The van der Waals surface area contributed by atoms with E-state index < -0.39 is 5.97 Å². The molecule has 0 aliphatic rings. The molecular weight excluding hydrogens is 194 g/mol. The quantitative estimate of drug-likeness (QED) is 0.743. The second-order valence-electron chi connectivity index (χ2n) is 3.25. The molecule has 4 heteroatoms. The van der Waals surface area contributed by atoms with Gasteiger partial charge in [-0.2, -0.15) is 0 Å². The van der Waals surface area contributed by atoms with Gasteiger partial charge in [0, 0.05) is 16.5 Å². The predicted octanol–water partition coefficient (Wildman–Crippen LogP) is 1.95. The summed E-state index contributed by atoms with van der Waals surface area (Å²) >= 11 is 0. The van der Waals surface area contributed by atoms with E-state index in [1.807, 2.05) is 6.07 Å². The molecule has 0 amide bonds. The van der Waals surface area contributed by atoms with Crippen LogP contribution in [0.4, 0.5) is 0 Å². The molecule has 2 N–H and O–H groups in total. The van der Waals surface area contributed by atoms with Crippen molar-refractivity contribution >= 4 is 16.7 Å². The molecule has 0 saturated carbocycles. The number of pyridine rings is 1. The average Bonchev–Trinajstić information content (AvgIpc) is 2.23. The van der Waals surface area contributed by atoms with Crippen LogP contribution in [0.15, 0.2) is 24.3 Å². The van der Waals surface area contributed by atoms with Crippen molar-refractivity contribution in [3.05, 3.63) is 35.7 Å². The van der Waals surface area contributed by atoms with Gasteiger partial charge in [0.15, 0.2) is 11.4 Å². The number of aromatic carboxylic acids is 1. The fourth-order valence-electron chi connectivity index (χ4n) is 1.56. The second kappa shape index (κ2) is 3.24. The van der Waals surface area contributed by atoms with E-state index in [-0.39, 0.29) is 11.4 Å². The molecule has 0 saturated heterocycles. The summed E-state index contributed by atoms with van der Waals surface area (Å²) < 4.78 is 0. The maximum atomic E-state index is 10.8. The van der Waals surface area contributed by atoms with Crippen molar-refractivity contribution in [1.82, 2.24) is 4.98 Å². The zero-order valence-corrected chi connectivity index (χ0v) is 8.06. The number of carboxylic acids is 1. The van der Waals surface area contributed by atoms with Crippen LogP contribution in [0.3, 0.4) is 0 Å². The molecule has 76 valence electrons. The first-order chi connectivity index (χ1) is 7.11. The van der Waals surface area contributed by atoms with E-state index in [9.17, 15) is 9.90 Å². The zero-order valence-electron chi connectivity index (χ0n) is 8.06. The third-order valence-corrected chi connectivity index (χ3v) is 2.28. The van der Waals surface area contributed by atoms with E-state index in [2.05, 4.69) is 4.98 Å².